The lowest BCUT2D eigenvalue weighted by Crippen LogP contribution is -2.44. The molecule has 30 heavy (non-hydrogen) atoms. The Morgan fingerprint density at radius 1 is 1.17 bits per heavy atom. The highest BCUT2D eigenvalue weighted by Crippen LogP contribution is 2.39. The predicted octanol–water partition coefficient (Wildman–Crippen LogP) is 4.22. The number of allylic oxidation sites excluding steroid dienone is 1. The van der Waals surface area contributed by atoms with Gasteiger partial charge in [0.2, 0.25) is 0 Å². The van der Waals surface area contributed by atoms with Crippen molar-refractivity contribution in [2.45, 2.75) is 57.7 Å². The minimum absolute atomic E-state index is 0.0568. The van der Waals surface area contributed by atoms with Crippen LogP contribution in [0.1, 0.15) is 45.4 Å². The number of hydrogen-bond acceptors (Lipinski definition) is 5. The van der Waals surface area contributed by atoms with Gasteiger partial charge in [-0.15, -0.1) is 0 Å². The first-order valence-electron chi connectivity index (χ1n) is 10.9. The molecule has 6 nitrogen and oxygen atoms in total. The van der Waals surface area contributed by atoms with E-state index < -0.39 is 11.7 Å². The molecule has 2 fully saturated rings. The number of carbonyl (C=O) groups is 1. The van der Waals surface area contributed by atoms with Crippen molar-refractivity contribution >= 4 is 12.0 Å². The van der Waals surface area contributed by atoms with E-state index in [1.807, 2.05) is 6.92 Å². The molecule has 2 saturated heterocycles. The number of ether oxygens (including phenoxy) is 2. The molecule has 0 aromatic carbocycles. The smallest absolute Gasteiger partial charge is 0.414 e. The second-order valence-electron chi connectivity index (χ2n) is 8.28. The molecular formula is C21H32F3N3O3. The summed E-state index contributed by atoms with van der Waals surface area (Å²) in [6.45, 7) is 5.30. The largest absolute Gasteiger partial charge is 0.484 e. The van der Waals surface area contributed by atoms with Gasteiger partial charge >= 0.3 is 12.3 Å². The summed E-state index contributed by atoms with van der Waals surface area (Å²) >= 11 is 0. The zero-order chi connectivity index (χ0) is 21.7. The summed E-state index contributed by atoms with van der Waals surface area (Å²) in [5.41, 5.74) is -0.571. The number of hydrogen-bond donors (Lipinski definition) is 0. The zero-order valence-electron chi connectivity index (χ0n) is 17.8. The van der Waals surface area contributed by atoms with Gasteiger partial charge < -0.3 is 19.3 Å². The molecule has 0 bridgehead atoms. The molecule has 9 heteroatoms. The molecule has 3 aliphatic heterocycles. The molecule has 0 aromatic heterocycles. The fourth-order valence-corrected chi connectivity index (χ4v) is 4.90. The molecule has 0 aromatic rings. The molecule has 1 amide bonds. The summed E-state index contributed by atoms with van der Waals surface area (Å²) in [6, 6.07) is 0.401. The van der Waals surface area contributed by atoms with Gasteiger partial charge in [0.25, 0.3) is 0 Å². The summed E-state index contributed by atoms with van der Waals surface area (Å²) < 4.78 is 49.9. The second kappa shape index (κ2) is 10.0. The molecule has 0 spiro atoms. The van der Waals surface area contributed by atoms with Crippen LogP contribution in [0.5, 0.6) is 0 Å². The highest BCUT2D eigenvalue weighted by Gasteiger charge is 2.41. The number of likely N-dealkylation sites (tertiary alicyclic amines) is 2. The summed E-state index contributed by atoms with van der Waals surface area (Å²) in [4.78, 5) is 20.2. The second-order valence-corrected chi connectivity index (χ2v) is 8.28. The number of carbonyl (C=O) groups excluding carboxylic acids is 1. The molecule has 170 valence electrons. The predicted molar refractivity (Wildman–Crippen MR) is 107 cm³/mol. The van der Waals surface area contributed by atoms with Crippen LogP contribution in [0.2, 0.25) is 0 Å². The summed E-state index contributed by atoms with van der Waals surface area (Å²) in [7, 11) is 1.48. The maximum Gasteiger partial charge on any atom is 0.414 e. The quantitative estimate of drug-likeness (QED) is 0.672. The van der Waals surface area contributed by atoms with Crippen molar-refractivity contribution in [3.63, 3.8) is 0 Å². The molecule has 0 N–H and O–H groups in total. The number of aliphatic imine (C=N–C) groups is 1. The van der Waals surface area contributed by atoms with E-state index in [0.717, 1.165) is 51.4 Å². The minimum atomic E-state index is -4.34. The highest BCUT2D eigenvalue weighted by atomic mass is 19.4. The molecule has 0 saturated carbocycles. The lowest BCUT2D eigenvalue weighted by molar-refractivity contribution is -0.0960. The first kappa shape index (κ1) is 22.9. The average molecular weight is 431 g/mol. The lowest BCUT2D eigenvalue weighted by atomic mass is 9.79. The summed E-state index contributed by atoms with van der Waals surface area (Å²) in [6.07, 6.45) is 0.790. The first-order valence-corrected chi connectivity index (χ1v) is 10.9. The fourth-order valence-electron chi connectivity index (χ4n) is 4.90. The first-order chi connectivity index (χ1) is 14.3. The van der Waals surface area contributed by atoms with Crippen LogP contribution < -0.4 is 0 Å². The Labute approximate surface area is 176 Å². The molecule has 3 aliphatic rings. The number of halogens is 3. The van der Waals surface area contributed by atoms with Crippen LogP contribution in [0, 0.1) is 11.8 Å². The van der Waals surface area contributed by atoms with Crippen LogP contribution in [-0.2, 0) is 9.47 Å². The highest BCUT2D eigenvalue weighted by molar-refractivity contribution is 5.81. The number of methoxy groups -OCH3 is 1. The Bertz CT molecular complexity index is 658. The van der Waals surface area contributed by atoms with Crippen LogP contribution in [0.3, 0.4) is 0 Å². The lowest BCUT2D eigenvalue weighted by Gasteiger charge is -2.40. The molecule has 3 rings (SSSR count). The number of amides is 1. The van der Waals surface area contributed by atoms with Crippen molar-refractivity contribution in [1.29, 1.82) is 0 Å². The Morgan fingerprint density at radius 2 is 1.90 bits per heavy atom. The third kappa shape index (κ3) is 5.47. The van der Waals surface area contributed by atoms with Crippen LogP contribution in [0.25, 0.3) is 0 Å². The Kier molecular flexibility index (Phi) is 7.65. The van der Waals surface area contributed by atoms with E-state index in [9.17, 15) is 18.0 Å². The van der Waals surface area contributed by atoms with E-state index in [1.54, 1.807) is 4.90 Å². The standard InChI is InChI=1S/C21H32F3N3O3/c1-3-30-20(28)27-9-4-5-17(8-12-27)26-10-6-15(7-11-26)18-13-16(21(22,23)24)14-25-19(18)29-2/h14-15,17-18H,3-13H2,1-2H3. The third-order valence-electron chi connectivity index (χ3n) is 6.56. The van der Waals surface area contributed by atoms with Gasteiger partial charge in [-0.05, 0) is 64.5 Å². The van der Waals surface area contributed by atoms with Gasteiger partial charge in [0, 0.05) is 31.2 Å². The van der Waals surface area contributed by atoms with Crippen LogP contribution in [0.15, 0.2) is 16.8 Å². The Morgan fingerprint density at radius 3 is 2.53 bits per heavy atom. The van der Waals surface area contributed by atoms with Crippen molar-refractivity contribution in [3.8, 4) is 0 Å². The molecule has 0 aliphatic carbocycles. The number of alkyl halides is 3. The SMILES string of the molecule is CCOC(=O)N1CCCC(N2CCC(C3CC(C(F)(F)F)=CN=C3OC)CC2)CC1. The van der Waals surface area contributed by atoms with E-state index in [2.05, 4.69) is 9.89 Å². The molecule has 0 radical (unpaired) electrons. The van der Waals surface area contributed by atoms with Crippen molar-refractivity contribution < 1.29 is 27.4 Å². The molecule has 2 unspecified atom stereocenters. The van der Waals surface area contributed by atoms with Crippen LogP contribution >= 0.6 is 0 Å². The minimum Gasteiger partial charge on any atom is -0.484 e. The van der Waals surface area contributed by atoms with Gasteiger partial charge in [-0.3, -0.25) is 0 Å². The molecule has 3 heterocycles. The normalized spacial score (nSPS) is 27.2. The average Bonchev–Trinajstić information content (AvgIpc) is 2.99. The van der Waals surface area contributed by atoms with Gasteiger partial charge in [0.05, 0.1) is 19.3 Å². The van der Waals surface area contributed by atoms with E-state index in [4.69, 9.17) is 9.47 Å². The topological polar surface area (TPSA) is 54.4 Å². The fraction of sp³-hybridized carbons (Fsp3) is 0.810. The van der Waals surface area contributed by atoms with E-state index >= 15 is 0 Å². The number of rotatable bonds is 3. The van der Waals surface area contributed by atoms with Gasteiger partial charge in [-0.1, -0.05) is 0 Å². The van der Waals surface area contributed by atoms with Gasteiger partial charge in [-0.25, -0.2) is 9.79 Å². The van der Waals surface area contributed by atoms with Crippen molar-refractivity contribution in [3.05, 3.63) is 11.8 Å². The molecule has 2 atom stereocenters. The van der Waals surface area contributed by atoms with Crippen molar-refractivity contribution in [2.24, 2.45) is 16.8 Å². The monoisotopic (exact) mass is 431 g/mol. The van der Waals surface area contributed by atoms with Crippen molar-refractivity contribution in [1.82, 2.24) is 9.80 Å². The Hall–Kier alpha value is -1.77. The van der Waals surface area contributed by atoms with Crippen LogP contribution in [-0.4, -0.2) is 73.9 Å². The van der Waals surface area contributed by atoms with Crippen molar-refractivity contribution in [2.75, 3.05) is 39.9 Å². The number of piperidine rings is 1. The van der Waals surface area contributed by atoms with Gasteiger partial charge in [0.15, 0.2) is 5.90 Å². The van der Waals surface area contributed by atoms with Crippen LogP contribution in [0.4, 0.5) is 18.0 Å². The summed E-state index contributed by atoms with van der Waals surface area (Å²) in [5, 5.41) is 0. The van der Waals surface area contributed by atoms with Gasteiger partial charge in [-0.2, -0.15) is 13.2 Å². The van der Waals surface area contributed by atoms with Gasteiger partial charge in [0.1, 0.15) is 0 Å². The maximum atomic E-state index is 13.2. The zero-order valence-corrected chi connectivity index (χ0v) is 17.8. The maximum absolute atomic E-state index is 13.2. The van der Waals surface area contributed by atoms with E-state index in [1.165, 1.54) is 7.11 Å². The van der Waals surface area contributed by atoms with E-state index in [-0.39, 0.29) is 24.3 Å². The number of nitrogens with zero attached hydrogens (tertiary/aromatic N) is 3. The molecular weight excluding hydrogens is 399 g/mol. The third-order valence-corrected chi connectivity index (χ3v) is 6.56. The Balaban J connectivity index is 1.54. The summed E-state index contributed by atoms with van der Waals surface area (Å²) in [5.74, 6) is 0.237. The van der Waals surface area contributed by atoms with E-state index in [0.29, 0.717) is 31.6 Å².